The molecule has 0 saturated heterocycles. The van der Waals surface area contributed by atoms with Crippen molar-refractivity contribution in [3.05, 3.63) is 47.7 Å². The number of fused-ring (bicyclic) bond motifs is 1. The van der Waals surface area contributed by atoms with Gasteiger partial charge >= 0.3 is 0 Å². The quantitative estimate of drug-likeness (QED) is 0.780. The van der Waals surface area contributed by atoms with Crippen LogP contribution in [0.15, 0.2) is 41.1 Å². The summed E-state index contributed by atoms with van der Waals surface area (Å²) < 4.78 is 5.38. The number of anilines is 1. The minimum Gasteiger partial charge on any atom is -0.384 e. The Morgan fingerprint density at radius 2 is 2.14 bits per heavy atom. The van der Waals surface area contributed by atoms with Crippen molar-refractivity contribution in [2.24, 2.45) is 0 Å². The molecular formula is C16H14N4O. The van der Waals surface area contributed by atoms with Gasteiger partial charge in [0.2, 0.25) is 5.82 Å². The highest BCUT2D eigenvalue weighted by Gasteiger charge is 2.15. The van der Waals surface area contributed by atoms with Gasteiger partial charge in [-0.05, 0) is 54.8 Å². The smallest absolute Gasteiger partial charge is 0.258 e. The zero-order chi connectivity index (χ0) is 14.2. The summed E-state index contributed by atoms with van der Waals surface area (Å²) in [7, 11) is 0. The molecule has 1 N–H and O–H groups in total. The summed E-state index contributed by atoms with van der Waals surface area (Å²) in [5.41, 5.74) is 5.28. The Morgan fingerprint density at radius 1 is 1.19 bits per heavy atom. The van der Waals surface area contributed by atoms with Gasteiger partial charge in [0.15, 0.2) is 0 Å². The number of aryl methyl sites for hydroxylation is 1. The van der Waals surface area contributed by atoms with Crippen molar-refractivity contribution >= 4 is 5.69 Å². The zero-order valence-electron chi connectivity index (χ0n) is 11.6. The molecule has 5 nitrogen and oxygen atoms in total. The second kappa shape index (κ2) is 4.70. The summed E-state index contributed by atoms with van der Waals surface area (Å²) in [4.78, 5) is 8.74. The van der Waals surface area contributed by atoms with Gasteiger partial charge in [0, 0.05) is 24.0 Å². The van der Waals surface area contributed by atoms with Gasteiger partial charge in [0.1, 0.15) is 5.69 Å². The van der Waals surface area contributed by atoms with E-state index in [1.807, 2.05) is 25.1 Å². The second-order valence-corrected chi connectivity index (χ2v) is 5.19. The van der Waals surface area contributed by atoms with E-state index in [0.29, 0.717) is 11.7 Å². The first-order valence-corrected chi connectivity index (χ1v) is 6.93. The Bertz CT molecular complexity index is 810. The van der Waals surface area contributed by atoms with Crippen molar-refractivity contribution in [2.75, 3.05) is 11.9 Å². The Balaban J connectivity index is 1.71. The average Bonchev–Trinajstić information content (AvgIpc) is 3.15. The van der Waals surface area contributed by atoms with Crippen LogP contribution >= 0.6 is 0 Å². The van der Waals surface area contributed by atoms with Crippen LogP contribution in [0, 0.1) is 6.92 Å². The lowest BCUT2D eigenvalue weighted by molar-refractivity contribution is 0.432. The highest BCUT2D eigenvalue weighted by molar-refractivity contribution is 5.66. The maximum Gasteiger partial charge on any atom is 0.258 e. The van der Waals surface area contributed by atoms with Gasteiger partial charge in [-0.2, -0.15) is 4.98 Å². The monoisotopic (exact) mass is 278 g/mol. The number of nitrogens with zero attached hydrogens (tertiary/aromatic N) is 3. The lowest BCUT2D eigenvalue weighted by Crippen LogP contribution is -1.90. The van der Waals surface area contributed by atoms with E-state index in [1.165, 1.54) is 11.3 Å². The first-order chi connectivity index (χ1) is 10.3. The van der Waals surface area contributed by atoms with Crippen LogP contribution in [-0.4, -0.2) is 21.7 Å². The van der Waals surface area contributed by atoms with Crippen LogP contribution in [0.5, 0.6) is 0 Å². The Labute approximate surface area is 122 Å². The van der Waals surface area contributed by atoms with Crippen LogP contribution in [0.25, 0.3) is 23.0 Å². The molecule has 0 amide bonds. The molecule has 4 rings (SSSR count). The number of pyridine rings is 1. The Morgan fingerprint density at radius 3 is 3.05 bits per heavy atom. The fourth-order valence-electron chi connectivity index (χ4n) is 2.54. The van der Waals surface area contributed by atoms with Crippen LogP contribution in [0.3, 0.4) is 0 Å². The predicted molar refractivity (Wildman–Crippen MR) is 79.9 cm³/mol. The van der Waals surface area contributed by atoms with Gasteiger partial charge in [-0.1, -0.05) is 5.16 Å². The van der Waals surface area contributed by atoms with Gasteiger partial charge in [-0.25, -0.2) is 0 Å². The largest absolute Gasteiger partial charge is 0.384 e. The molecule has 0 bridgehead atoms. The molecule has 0 radical (unpaired) electrons. The molecular weight excluding hydrogens is 264 g/mol. The summed E-state index contributed by atoms with van der Waals surface area (Å²) in [6.45, 7) is 3.00. The topological polar surface area (TPSA) is 63.8 Å². The molecule has 3 heterocycles. The zero-order valence-corrected chi connectivity index (χ0v) is 11.6. The maximum atomic E-state index is 5.38. The Kier molecular flexibility index (Phi) is 2.70. The van der Waals surface area contributed by atoms with Gasteiger partial charge in [0.25, 0.3) is 5.89 Å². The molecule has 3 aromatic rings. The van der Waals surface area contributed by atoms with E-state index >= 15 is 0 Å². The number of benzene rings is 1. The lowest BCUT2D eigenvalue weighted by atomic mass is 10.1. The molecule has 0 aliphatic carbocycles. The molecule has 21 heavy (non-hydrogen) atoms. The van der Waals surface area contributed by atoms with Crippen LogP contribution < -0.4 is 5.32 Å². The van der Waals surface area contributed by atoms with E-state index < -0.39 is 0 Å². The van der Waals surface area contributed by atoms with Crippen molar-refractivity contribution in [2.45, 2.75) is 13.3 Å². The standard InChI is InChI=1S/C16H14N4O/c1-10-4-6-18-14(8-10)15-19-16(21-20-15)12-2-3-13-11(9-12)5-7-17-13/h2-4,6,8-9,17H,5,7H2,1H3. The minimum atomic E-state index is 0.521. The lowest BCUT2D eigenvalue weighted by Gasteiger charge is -2.00. The minimum absolute atomic E-state index is 0.521. The average molecular weight is 278 g/mol. The fraction of sp³-hybridized carbons (Fsp3) is 0.188. The summed E-state index contributed by atoms with van der Waals surface area (Å²) in [6.07, 6.45) is 2.78. The third kappa shape index (κ3) is 2.16. The number of hydrogen-bond donors (Lipinski definition) is 1. The fourth-order valence-corrected chi connectivity index (χ4v) is 2.54. The molecule has 0 atom stereocenters. The SMILES string of the molecule is Cc1ccnc(-c2noc(-c3ccc4c(c3)CCN4)n2)c1. The highest BCUT2D eigenvalue weighted by Crippen LogP contribution is 2.28. The first-order valence-electron chi connectivity index (χ1n) is 6.93. The summed E-state index contributed by atoms with van der Waals surface area (Å²) >= 11 is 0. The van der Waals surface area contributed by atoms with Crippen molar-refractivity contribution in [3.63, 3.8) is 0 Å². The first kappa shape index (κ1) is 12.1. The predicted octanol–water partition coefficient (Wildman–Crippen LogP) is 3.08. The van der Waals surface area contributed by atoms with E-state index in [-0.39, 0.29) is 0 Å². The van der Waals surface area contributed by atoms with E-state index in [4.69, 9.17) is 4.52 Å². The summed E-state index contributed by atoms with van der Waals surface area (Å²) in [6, 6.07) is 10.1. The molecule has 0 saturated carbocycles. The van der Waals surface area contributed by atoms with E-state index in [0.717, 1.165) is 29.8 Å². The second-order valence-electron chi connectivity index (χ2n) is 5.19. The number of rotatable bonds is 2. The molecule has 104 valence electrons. The molecule has 2 aromatic heterocycles. The van der Waals surface area contributed by atoms with Crippen LogP contribution in [0.4, 0.5) is 5.69 Å². The normalized spacial score (nSPS) is 13.0. The van der Waals surface area contributed by atoms with Crippen molar-refractivity contribution in [1.82, 2.24) is 15.1 Å². The van der Waals surface area contributed by atoms with Crippen LogP contribution in [-0.2, 0) is 6.42 Å². The van der Waals surface area contributed by atoms with Gasteiger partial charge in [-0.3, -0.25) is 4.98 Å². The van der Waals surface area contributed by atoms with Crippen molar-refractivity contribution in [3.8, 4) is 23.0 Å². The molecule has 0 fully saturated rings. The van der Waals surface area contributed by atoms with Gasteiger partial charge in [0.05, 0.1) is 0 Å². The molecule has 1 aliphatic heterocycles. The maximum absolute atomic E-state index is 5.38. The van der Waals surface area contributed by atoms with E-state index in [2.05, 4.69) is 32.6 Å². The van der Waals surface area contributed by atoms with Crippen molar-refractivity contribution < 1.29 is 4.52 Å². The van der Waals surface area contributed by atoms with Gasteiger partial charge < -0.3 is 9.84 Å². The third-order valence-electron chi connectivity index (χ3n) is 3.63. The molecule has 1 aliphatic rings. The van der Waals surface area contributed by atoms with Crippen LogP contribution in [0.2, 0.25) is 0 Å². The number of hydrogen-bond acceptors (Lipinski definition) is 5. The molecule has 0 spiro atoms. The third-order valence-corrected chi connectivity index (χ3v) is 3.63. The number of aromatic nitrogens is 3. The van der Waals surface area contributed by atoms with E-state index in [9.17, 15) is 0 Å². The summed E-state index contributed by atoms with van der Waals surface area (Å²) in [5.74, 6) is 1.05. The number of nitrogens with one attached hydrogen (secondary N) is 1. The molecule has 0 unspecified atom stereocenters. The molecule has 5 heteroatoms. The van der Waals surface area contributed by atoms with Gasteiger partial charge in [-0.15, -0.1) is 0 Å². The van der Waals surface area contributed by atoms with Crippen LogP contribution in [0.1, 0.15) is 11.1 Å². The Hall–Kier alpha value is -2.69. The molecule has 1 aromatic carbocycles. The van der Waals surface area contributed by atoms with Crippen molar-refractivity contribution in [1.29, 1.82) is 0 Å². The highest BCUT2D eigenvalue weighted by atomic mass is 16.5. The van der Waals surface area contributed by atoms with E-state index in [1.54, 1.807) is 6.20 Å². The summed E-state index contributed by atoms with van der Waals surface area (Å²) in [5, 5.41) is 7.37.